The minimum absolute atomic E-state index is 0.0386. The van der Waals surface area contributed by atoms with Gasteiger partial charge in [0.05, 0.1) is 11.4 Å². The van der Waals surface area contributed by atoms with E-state index in [-0.39, 0.29) is 27.1 Å². The first-order chi connectivity index (χ1) is 40.8. The summed E-state index contributed by atoms with van der Waals surface area (Å²) in [6.45, 7) is 23.4. The molecule has 0 aliphatic heterocycles. The molecule has 10 aromatic carbocycles. The monoisotopic (exact) mass is 1100 g/mol. The number of hydrogen-bond donors (Lipinski definition) is 0. The average Bonchev–Trinajstić information content (AvgIpc) is 1.62. The molecule has 0 amide bonds. The first-order valence-corrected chi connectivity index (χ1v) is 31.7. The highest BCUT2D eigenvalue weighted by Crippen LogP contribution is 2.70. The van der Waals surface area contributed by atoms with Crippen LogP contribution in [0.3, 0.4) is 0 Å². The molecule has 1 spiro atoms. The third kappa shape index (κ3) is 7.19. The van der Waals surface area contributed by atoms with Crippen molar-refractivity contribution in [1.82, 2.24) is 0 Å². The molecule has 0 N–H and O–H groups in total. The molecule has 0 atom stereocenters. The molecule has 3 nitrogen and oxygen atoms in total. The fourth-order valence-electron chi connectivity index (χ4n) is 18.4. The second-order valence-electron chi connectivity index (χ2n) is 29.8. The van der Waals surface area contributed by atoms with E-state index in [4.69, 9.17) is 4.42 Å². The summed E-state index contributed by atoms with van der Waals surface area (Å²) in [4.78, 5) is 5.04. The number of hydrogen-bond acceptors (Lipinski definition) is 3. The lowest BCUT2D eigenvalue weighted by molar-refractivity contribution is -0.0398. The summed E-state index contributed by atoms with van der Waals surface area (Å²) in [7, 11) is 0. The lowest BCUT2D eigenvalue weighted by Crippen LogP contribution is -2.55. The van der Waals surface area contributed by atoms with Crippen molar-refractivity contribution < 1.29 is 4.42 Å². The molecule has 0 radical (unpaired) electrons. The summed E-state index contributed by atoms with van der Waals surface area (Å²) in [6.07, 6.45) is 6.71. The van der Waals surface area contributed by atoms with Crippen LogP contribution in [-0.2, 0) is 27.1 Å². The maximum absolute atomic E-state index is 7.27. The van der Waals surface area contributed by atoms with Gasteiger partial charge in [0.1, 0.15) is 11.2 Å². The summed E-state index contributed by atoms with van der Waals surface area (Å²) in [5.74, 6) is 2.90. The van der Waals surface area contributed by atoms with Crippen molar-refractivity contribution in [1.29, 1.82) is 0 Å². The van der Waals surface area contributed by atoms with Crippen LogP contribution >= 0.6 is 0 Å². The normalized spacial score (nSPS) is 21.5. The molecule has 4 fully saturated rings. The molecular weight excluding hydrogens is 1030 g/mol. The van der Waals surface area contributed by atoms with Crippen molar-refractivity contribution in [3.8, 4) is 33.4 Å². The van der Waals surface area contributed by atoms with Crippen molar-refractivity contribution >= 4 is 66.8 Å². The van der Waals surface area contributed by atoms with Gasteiger partial charge in [-0.2, -0.15) is 0 Å². The van der Waals surface area contributed by atoms with Crippen molar-refractivity contribution in [3.63, 3.8) is 0 Å². The first-order valence-electron chi connectivity index (χ1n) is 31.7. The first kappa shape index (κ1) is 51.3. The molecule has 1 heterocycles. The zero-order valence-corrected chi connectivity index (χ0v) is 51.1. The van der Waals surface area contributed by atoms with Gasteiger partial charge in [-0.05, 0) is 229 Å². The molecule has 7 aliphatic rings. The fraction of sp³-hybridized carbons (Fsp3) is 0.293. The summed E-state index contributed by atoms with van der Waals surface area (Å²) in [5, 5.41) is 5.02. The Morgan fingerprint density at radius 1 is 0.365 bits per heavy atom. The minimum Gasteiger partial charge on any atom is -0.456 e. The third-order valence-electron chi connectivity index (χ3n) is 22.3. The Hall–Kier alpha value is -8.14. The third-order valence-corrected chi connectivity index (χ3v) is 22.3. The topological polar surface area (TPSA) is 19.6 Å². The molecule has 11 aromatic rings. The van der Waals surface area contributed by atoms with Gasteiger partial charge in [-0.15, -0.1) is 0 Å². The predicted molar refractivity (Wildman–Crippen MR) is 356 cm³/mol. The van der Waals surface area contributed by atoms with Gasteiger partial charge < -0.3 is 14.2 Å². The molecule has 420 valence electrons. The van der Waals surface area contributed by atoms with Gasteiger partial charge in [0.25, 0.3) is 0 Å². The molecular formula is C82H76N2O. The van der Waals surface area contributed by atoms with Crippen LogP contribution in [0.15, 0.2) is 199 Å². The highest BCUT2D eigenvalue weighted by Gasteiger charge is 2.62. The van der Waals surface area contributed by atoms with Gasteiger partial charge in [0.15, 0.2) is 0 Å². The van der Waals surface area contributed by atoms with Gasteiger partial charge in [-0.1, -0.05) is 172 Å². The lowest BCUT2D eigenvalue weighted by Gasteiger charge is -2.61. The van der Waals surface area contributed by atoms with E-state index < -0.39 is 0 Å². The number of rotatable bonds is 6. The lowest BCUT2D eigenvalue weighted by atomic mass is 9.43. The SMILES string of the molecule is CC(C)(C)c1ccc(N(c2ccc3cc4c(cc3c2)C2(c3cc5c(cc3-4)oc3cc(N(c4ccc(C(C)(C)C)cc4)c4cccc6c4-c4ccccc4C6(C)C)ccc35)C3CC4CC(C3)CC2C4)c2cccc3c2-c2ccccc2C3(C)C)cc1. The van der Waals surface area contributed by atoms with Gasteiger partial charge in [0, 0.05) is 67.0 Å². The van der Waals surface area contributed by atoms with E-state index in [1.54, 1.807) is 11.1 Å². The fourth-order valence-corrected chi connectivity index (χ4v) is 18.4. The molecule has 0 saturated heterocycles. The molecule has 4 saturated carbocycles. The van der Waals surface area contributed by atoms with Gasteiger partial charge in [-0.3, -0.25) is 0 Å². The van der Waals surface area contributed by atoms with Crippen molar-refractivity contribution in [2.45, 2.75) is 128 Å². The van der Waals surface area contributed by atoms with E-state index in [0.717, 1.165) is 34.4 Å². The quantitative estimate of drug-likeness (QED) is 0.165. The summed E-state index contributed by atoms with van der Waals surface area (Å²) < 4.78 is 7.27. The summed E-state index contributed by atoms with van der Waals surface area (Å²) in [6, 6.07) is 75.5. The average molecular weight is 1110 g/mol. The Bertz CT molecular complexity index is 4600. The van der Waals surface area contributed by atoms with E-state index in [1.807, 2.05) is 0 Å². The number of benzene rings is 10. The Balaban J connectivity index is 0.833. The zero-order valence-electron chi connectivity index (χ0n) is 51.1. The van der Waals surface area contributed by atoms with Crippen LogP contribution in [0.1, 0.15) is 146 Å². The van der Waals surface area contributed by atoms with E-state index in [9.17, 15) is 0 Å². The summed E-state index contributed by atoms with van der Waals surface area (Å²) in [5.41, 5.74) is 28.1. The van der Waals surface area contributed by atoms with E-state index in [0.29, 0.717) is 11.8 Å². The maximum atomic E-state index is 7.27. The molecule has 3 heteroatoms. The van der Waals surface area contributed by atoms with Crippen molar-refractivity contribution in [2.75, 3.05) is 9.80 Å². The maximum Gasteiger partial charge on any atom is 0.137 e. The Kier molecular flexibility index (Phi) is 10.6. The van der Waals surface area contributed by atoms with Crippen molar-refractivity contribution in [3.05, 3.63) is 239 Å². The van der Waals surface area contributed by atoms with Crippen LogP contribution in [-0.4, -0.2) is 0 Å². The molecule has 0 unspecified atom stereocenters. The second kappa shape index (κ2) is 17.5. The van der Waals surface area contributed by atoms with Crippen LogP contribution in [0.2, 0.25) is 0 Å². The van der Waals surface area contributed by atoms with Crippen molar-refractivity contribution in [2.24, 2.45) is 23.7 Å². The molecule has 18 rings (SSSR count). The van der Waals surface area contributed by atoms with Crippen LogP contribution < -0.4 is 9.80 Å². The standard InChI is InChI=1S/C82H76N2O/c1-78(2,3)52-26-31-56(32-27-52)83(72-23-15-21-68-76(72)61-17-11-13-19-66(61)80(68,7)8)58-30-25-50-43-63-64-47-75-65(46-71(64)82(70(63)44-51(50)42-58)54-38-48-37-49(40-54)41-55(82)39-48)60-36-35-59(45-74(60)85-75)84(57-33-28-53(29-34-57)79(4,5)6)73-24-16-22-69-77(73)62-18-12-14-20-67(62)81(69,9)10/h11-36,42-49,54-55H,37-41H2,1-10H3. The predicted octanol–water partition coefficient (Wildman–Crippen LogP) is 22.6. The Morgan fingerprint density at radius 3 is 1.36 bits per heavy atom. The molecule has 7 aliphatic carbocycles. The zero-order chi connectivity index (χ0) is 57.8. The summed E-state index contributed by atoms with van der Waals surface area (Å²) >= 11 is 0. The highest BCUT2D eigenvalue weighted by molar-refractivity contribution is 6.10. The number of fused-ring (bicyclic) bond motifs is 13. The van der Waals surface area contributed by atoms with Crippen LogP contribution in [0.5, 0.6) is 0 Å². The van der Waals surface area contributed by atoms with Crippen LogP contribution in [0, 0.1) is 23.7 Å². The Morgan fingerprint density at radius 2 is 0.824 bits per heavy atom. The second-order valence-corrected chi connectivity index (χ2v) is 29.8. The number of furan rings is 1. The molecule has 85 heavy (non-hydrogen) atoms. The largest absolute Gasteiger partial charge is 0.456 e. The van der Waals surface area contributed by atoms with E-state index in [1.165, 1.54) is 143 Å². The van der Waals surface area contributed by atoms with E-state index in [2.05, 4.69) is 273 Å². The van der Waals surface area contributed by atoms with Crippen LogP contribution in [0.4, 0.5) is 34.1 Å². The molecule has 1 aromatic heterocycles. The van der Waals surface area contributed by atoms with Gasteiger partial charge in [0.2, 0.25) is 0 Å². The Labute approximate surface area is 502 Å². The smallest absolute Gasteiger partial charge is 0.137 e. The molecule has 4 bridgehead atoms. The van der Waals surface area contributed by atoms with E-state index >= 15 is 0 Å². The number of nitrogens with zero attached hydrogens (tertiary/aromatic N) is 2. The van der Waals surface area contributed by atoms with Crippen LogP contribution in [0.25, 0.3) is 66.1 Å². The minimum atomic E-state index is -0.121. The number of anilines is 6. The van der Waals surface area contributed by atoms with Gasteiger partial charge >= 0.3 is 0 Å². The van der Waals surface area contributed by atoms with Gasteiger partial charge in [-0.25, -0.2) is 0 Å². The highest BCUT2D eigenvalue weighted by atomic mass is 16.3.